The predicted octanol–water partition coefficient (Wildman–Crippen LogP) is 4.05. The number of fused-ring (bicyclic) bond motifs is 1. The second-order valence-corrected chi connectivity index (χ2v) is 6.99. The van der Waals surface area contributed by atoms with Gasteiger partial charge in [0, 0.05) is 17.0 Å². The lowest BCUT2D eigenvalue weighted by atomic mass is 9.93. The van der Waals surface area contributed by atoms with Crippen LogP contribution in [-0.2, 0) is 6.61 Å². The standard InChI is InChI=1S/C22H23NO4/c24-16-12-10-15(11-13-16)23-22(25)21-19(14-26-17-6-2-1-3-7-17)18-8-4-5-9-20(18)27-21/h1-9,15-16,24H,10-14H2,(H,23,25). The van der Waals surface area contributed by atoms with Crippen LogP contribution in [0.25, 0.3) is 11.0 Å². The van der Waals surface area contributed by atoms with Crippen LogP contribution >= 0.6 is 0 Å². The largest absolute Gasteiger partial charge is 0.489 e. The third kappa shape index (κ3) is 3.98. The molecule has 1 aliphatic rings. The molecule has 0 bridgehead atoms. The molecule has 0 spiro atoms. The zero-order valence-electron chi connectivity index (χ0n) is 15.1. The van der Waals surface area contributed by atoms with Crippen molar-refractivity contribution in [3.05, 3.63) is 65.9 Å². The molecule has 0 radical (unpaired) electrons. The van der Waals surface area contributed by atoms with E-state index in [1.807, 2.05) is 54.6 Å². The predicted molar refractivity (Wildman–Crippen MR) is 103 cm³/mol. The van der Waals surface area contributed by atoms with E-state index in [2.05, 4.69) is 5.32 Å². The first kappa shape index (κ1) is 17.6. The van der Waals surface area contributed by atoms with Gasteiger partial charge in [-0.05, 0) is 43.9 Å². The number of aliphatic hydroxyl groups is 1. The number of furan rings is 1. The summed E-state index contributed by atoms with van der Waals surface area (Å²) < 4.78 is 11.8. The van der Waals surface area contributed by atoms with Gasteiger partial charge in [0.1, 0.15) is 17.9 Å². The first-order chi connectivity index (χ1) is 13.2. The maximum absolute atomic E-state index is 12.9. The summed E-state index contributed by atoms with van der Waals surface area (Å²) in [6.45, 7) is 0.257. The van der Waals surface area contributed by atoms with Crippen LogP contribution in [0.3, 0.4) is 0 Å². The van der Waals surface area contributed by atoms with Crippen molar-refractivity contribution in [3.8, 4) is 5.75 Å². The third-order valence-electron chi connectivity index (χ3n) is 5.06. The molecule has 140 valence electrons. The van der Waals surface area contributed by atoms with E-state index >= 15 is 0 Å². The van der Waals surface area contributed by atoms with E-state index in [4.69, 9.17) is 9.15 Å². The maximum atomic E-state index is 12.9. The fraction of sp³-hybridized carbons (Fsp3) is 0.318. The molecular weight excluding hydrogens is 342 g/mol. The van der Waals surface area contributed by atoms with Gasteiger partial charge in [-0.25, -0.2) is 0 Å². The minimum Gasteiger partial charge on any atom is -0.489 e. The van der Waals surface area contributed by atoms with Crippen LogP contribution in [0.1, 0.15) is 41.8 Å². The first-order valence-electron chi connectivity index (χ1n) is 9.38. The number of hydrogen-bond donors (Lipinski definition) is 2. The van der Waals surface area contributed by atoms with Gasteiger partial charge in [-0.3, -0.25) is 4.79 Å². The van der Waals surface area contributed by atoms with Crippen LogP contribution in [0.5, 0.6) is 5.75 Å². The van der Waals surface area contributed by atoms with Crippen LogP contribution in [0.2, 0.25) is 0 Å². The molecule has 0 atom stereocenters. The first-order valence-corrected chi connectivity index (χ1v) is 9.38. The van der Waals surface area contributed by atoms with Crippen molar-refractivity contribution >= 4 is 16.9 Å². The van der Waals surface area contributed by atoms with E-state index in [1.54, 1.807) is 0 Å². The maximum Gasteiger partial charge on any atom is 0.287 e. The molecule has 0 aliphatic heterocycles. The summed E-state index contributed by atoms with van der Waals surface area (Å²) in [5.41, 5.74) is 1.43. The highest BCUT2D eigenvalue weighted by Crippen LogP contribution is 2.28. The van der Waals surface area contributed by atoms with Crippen LogP contribution in [0.4, 0.5) is 0 Å². The molecule has 2 N–H and O–H groups in total. The van der Waals surface area contributed by atoms with E-state index in [9.17, 15) is 9.90 Å². The Morgan fingerprint density at radius 1 is 1.04 bits per heavy atom. The topological polar surface area (TPSA) is 71.7 Å². The monoisotopic (exact) mass is 365 g/mol. The van der Waals surface area contributed by atoms with Crippen molar-refractivity contribution in [2.75, 3.05) is 0 Å². The van der Waals surface area contributed by atoms with Crippen molar-refractivity contribution in [2.45, 2.75) is 44.4 Å². The van der Waals surface area contributed by atoms with Crippen molar-refractivity contribution in [2.24, 2.45) is 0 Å². The molecule has 27 heavy (non-hydrogen) atoms. The Hall–Kier alpha value is -2.79. The summed E-state index contributed by atoms with van der Waals surface area (Å²) in [6.07, 6.45) is 2.75. The minimum absolute atomic E-state index is 0.0667. The number of amides is 1. The summed E-state index contributed by atoms with van der Waals surface area (Å²) in [4.78, 5) is 12.9. The van der Waals surface area contributed by atoms with Gasteiger partial charge in [0.2, 0.25) is 0 Å². The van der Waals surface area contributed by atoms with E-state index < -0.39 is 0 Å². The number of aliphatic hydroxyl groups excluding tert-OH is 1. The van der Waals surface area contributed by atoms with Crippen LogP contribution in [0.15, 0.2) is 59.0 Å². The molecule has 1 heterocycles. The van der Waals surface area contributed by atoms with Crippen LogP contribution in [0, 0.1) is 0 Å². The normalized spacial score (nSPS) is 19.7. The Kier molecular flexibility index (Phi) is 5.12. The lowest BCUT2D eigenvalue weighted by Gasteiger charge is -2.25. The molecule has 0 saturated heterocycles. The lowest BCUT2D eigenvalue weighted by molar-refractivity contribution is 0.0842. The number of nitrogens with one attached hydrogen (secondary N) is 1. The number of para-hydroxylation sites is 2. The number of benzene rings is 2. The van der Waals surface area contributed by atoms with Crippen LogP contribution < -0.4 is 10.1 Å². The minimum atomic E-state index is -0.251. The van der Waals surface area contributed by atoms with Crippen molar-refractivity contribution < 1.29 is 19.1 Å². The Labute approximate surface area is 157 Å². The average Bonchev–Trinajstić information content (AvgIpc) is 3.08. The summed E-state index contributed by atoms with van der Waals surface area (Å²) in [6, 6.07) is 17.2. The fourth-order valence-corrected chi connectivity index (χ4v) is 3.57. The Morgan fingerprint density at radius 2 is 1.74 bits per heavy atom. The third-order valence-corrected chi connectivity index (χ3v) is 5.06. The van der Waals surface area contributed by atoms with Gasteiger partial charge in [-0.2, -0.15) is 0 Å². The molecule has 1 saturated carbocycles. The summed E-state index contributed by atoms with van der Waals surface area (Å²) in [7, 11) is 0. The summed E-state index contributed by atoms with van der Waals surface area (Å²) in [5.74, 6) is 0.827. The van der Waals surface area contributed by atoms with E-state index in [0.717, 1.165) is 42.4 Å². The van der Waals surface area contributed by atoms with Gasteiger partial charge in [-0.1, -0.05) is 36.4 Å². The fourth-order valence-electron chi connectivity index (χ4n) is 3.57. The van der Waals surface area contributed by atoms with Gasteiger partial charge in [0.05, 0.1) is 6.10 Å². The SMILES string of the molecule is O=C(NC1CCC(O)CC1)c1oc2ccccc2c1COc1ccccc1. The smallest absolute Gasteiger partial charge is 0.287 e. The Bertz CT molecular complexity index is 910. The molecule has 1 aliphatic carbocycles. The zero-order chi connectivity index (χ0) is 18.6. The molecular formula is C22H23NO4. The average molecular weight is 365 g/mol. The highest BCUT2D eigenvalue weighted by Gasteiger charge is 2.25. The Morgan fingerprint density at radius 3 is 2.52 bits per heavy atom. The second-order valence-electron chi connectivity index (χ2n) is 6.99. The molecule has 5 nitrogen and oxygen atoms in total. The van der Waals surface area contributed by atoms with Gasteiger partial charge in [0.15, 0.2) is 5.76 Å². The molecule has 3 aromatic rings. The highest BCUT2D eigenvalue weighted by atomic mass is 16.5. The number of hydrogen-bond acceptors (Lipinski definition) is 4. The molecule has 2 aromatic carbocycles. The van der Waals surface area contributed by atoms with E-state index in [-0.39, 0.29) is 24.7 Å². The summed E-state index contributed by atoms with van der Waals surface area (Å²) in [5, 5.41) is 13.6. The number of ether oxygens (including phenoxy) is 1. The number of carbonyl (C=O) groups is 1. The lowest BCUT2D eigenvalue weighted by Crippen LogP contribution is -2.38. The molecule has 1 fully saturated rings. The zero-order valence-corrected chi connectivity index (χ0v) is 15.1. The van der Waals surface area contributed by atoms with E-state index in [0.29, 0.717) is 11.3 Å². The Balaban J connectivity index is 1.56. The van der Waals surface area contributed by atoms with Crippen molar-refractivity contribution in [3.63, 3.8) is 0 Å². The second kappa shape index (κ2) is 7.84. The molecule has 5 heteroatoms. The van der Waals surface area contributed by atoms with Gasteiger partial charge in [-0.15, -0.1) is 0 Å². The van der Waals surface area contributed by atoms with Crippen molar-refractivity contribution in [1.29, 1.82) is 0 Å². The quantitative estimate of drug-likeness (QED) is 0.716. The van der Waals surface area contributed by atoms with Gasteiger partial charge >= 0.3 is 0 Å². The molecule has 1 aromatic heterocycles. The molecule has 4 rings (SSSR count). The van der Waals surface area contributed by atoms with Crippen molar-refractivity contribution in [1.82, 2.24) is 5.32 Å². The van der Waals surface area contributed by atoms with Crippen LogP contribution in [-0.4, -0.2) is 23.2 Å². The molecule has 1 amide bonds. The number of carbonyl (C=O) groups excluding carboxylic acids is 1. The van der Waals surface area contributed by atoms with E-state index in [1.165, 1.54) is 0 Å². The molecule has 0 unspecified atom stereocenters. The van der Waals surface area contributed by atoms with Gasteiger partial charge in [0.25, 0.3) is 5.91 Å². The number of rotatable bonds is 5. The highest BCUT2D eigenvalue weighted by molar-refractivity contribution is 5.99. The summed E-state index contributed by atoms with van der Waals surface area (Å²) >= 11 is 0. The van der Waals surface area contributed by atoms with Gasteiger partial charge < -0.3 is 19.6 Å².